The second-order valence-corrected chi connectivity index (χ2v) is 10.6. The Hall–Kier alpha value is -5.10. The zero-order chi connectivity index (χ0) is 34.9. The number of carbonyl (C=O) groups excluding carboxylic acids is 2. The summed E-state index contributed by atoms with van der Waals surface area (Å²) in [7, 11) is 2.92. The summed E-state index contributed by atoms with van der Waals surface area (Å²) in [4.78, 5) is 27.7. The summed E-state index contributed by atoms with van der Waals surface area (Å²) >= 11 is 0. The van der Waals surface area contributed by atoms with Crippen molar-refractivity contribution in [3.8, 4) is 28.8 Å². The molecule has 1 saturated carbocycles. The molecular weight excluding hydrogens is 627 g/mol. The van der Waals surface area contributed by atoms with E-state index in [1.165, 1.54) is 26.3 Å². The molecule has 47 heavy (non-hydrogen) atoms. The molecule has 15 heteroatoms. The molecule has 5 N–H and O–H groups in total. The fraction of sp³-hybridized carbons (Fsp3) is 0.344. The van der Waals surface area contributed by atoms with Gasteiger partial charge in [0.05, 0.1) is 31.1 Å². The number of amides is 1. The van der Waals surface area contributed by atoms with Gasteiger partial charge in [-0.05, 0) is 50.2 Å². The van der Waals surface area contributed by atoms with Crippen LogP contribution in [0, 0.1) is 23.0 Å². The van der Waals surface area contributed by atoms with E-state index in [0.717, 1.165) is 36.8 Å². The quantitative estimate of drug-likeness (QED) is 0.131. The number of pyridine rings is 1. The molecule has 2 aliphatic rings. The van der Waals surface area contributed by atoms with Crippen molar-refractivity contribution in [3.05, 3.63) is 69.9 Å². The van der Waals surface area contributed by atoms with E-state index in [-0.39, 0.29) is 41.6 Å². The summed E-state index contributed by atoms with van der Waals surface area (Å²) in [5.41, 5.74) is 10.8. The van der Waals surface area contributed by atoms with Gasteiger partial charge in [0.15, 0.2) is 5.82 Å². The highest BCUT2D eigenvalue weighted by molar-refractivity contribution is 5.92. The van der Waals surface area contributed by atoms with E-state index in [2.05, 4.69) is 21.0 Å². The molecule has 10 nitrogen and oxygen atoms in total. The maximum Gasteiger partial charge on any atom is 0.398 e. The average Bonchev–Trinajstić information content (AvgIpc) is 3.80. The lowest BCUT2D eigenvalue weighted by molar-refractivity contribution is -0.150. The number of fused-ring (bicyclic) bond motifs is 1. The van der Waals surface area contributed by atoms with Crippen molar-refractivity contribution in [2.24, 2.45) is 10.7 Å². The van der Waals surface area contributed by atoms with E-state index in [1.807, 2.05) is 0 Å². The first kappa shape index (κ1) is 36.4. The maximum atomic E-state index is 14.7. The molecule has 2 heterocycles. The number of nitriles is 1. The number of primary amides is 1. The van der Waals surface area contributed by atoms with Crippen LogP contribution in [0.15, 0.2) is 35.3 Å². The Bertz CT molecular complexity index is 1670. The number of nitrogens with zero attached hydrogens (tertiary/aromatic N) is 3. The molecule has 1 aliphatic carbocycles. The SMILES string of the molecule is CNCC(c1cc2c(c(-c3ccc(F)c(C#N)c3F)n1)OCC2C)C(F)(F)F.COc1cc(C=O)cc(C=NC2CC2)c1N.NC=O. The van der Waals surface area contributed by atoms with Crippen LogP contribution in [0.4, 0.5) is 27.6 Å². The van der Waals surface area contributed by atoms with Gasteiger partial charge >= 0.3 is 6.18 Å². The number of nitrogens with two attached hydrogens (primary N) is 2. The van der Waals surface area contributed by atoms with E-state index >= 15 is 0 Å². The first-order valence-corrected chi connectivity index (χ1v) is 14.2. The molecule has 2 aromatic carbocycles. The number of ether oxygens (including phenoxy) is 2. The highest BCUT2D eigenvalue weighted by Crippen LogP contribution is 2.45. The van der Waals surface area contributed by atoms with Crippen molar-refractivity contribution in [2.45, 2.75) is 43.8 Å². The molecule has 0 radical (unpaired) electrons. The third-order valence-corrected chi connectivity index (χ3v) is 7.17. The second kappa shape index (κ2) is 15.9. The van der Waals surface area contributed by atoms with Gasteiger partial charge in [-0.1, -0.05) is 6.92 Å². The van der Waals surface area contributed by atoms with Gasteiger partial charge in [-0.25, -0.2) is 13.8 Å². The molecule has 0 spiro atoms. The smallest absolute Gasteiger partial charge is 0.398 e. The standard InChI is InChI=1S/C19H16F5N3O.C12H14N2O2.CH3NO/c1-9-8-28-18-11(9)5-15(13(7-26-2)19(22,23)24)27-17(18)10-3-4-14(20)12(6-25)16(10)21;1-16-11-5-8(7-15)4-9(12(11)13)6-14-10-2-3-10;2-1-3/h3-5,9,13,26H,7-8H2,1-2H3;4-7,10H,2-3,13H2,1H3;1H,(H2,2,3). The molecule has 1 amide bonds. The minimum absolute atomic E-state index is 0.149. The summed E-state index contributed by atoms with van der Waals surface area (Å²) < 4.78 is 79.7. The van der Waals surface area contributed by atoms with Crippen LogP contribution in [0.5, 0.6) is 11.5 Å². The minimum Gasteiger partial charge on any atom is -0.495 e. The van der Waals surface area contributed by atoms with Gasteiger partial charge in [-0.3, -0.25) is 14.6 Å². The van der Waals surface area contributed by atoms with Gasteiger partial charge in [0.1, 0.15) is 46.8 Å². The first-order chi connectivity index (χ1) is 22.3. The van der Waals surface area contributed by atoms with Crippen LogP contribution in [0.1, 0.15) is 64.3 Å². The average molecular weight is 661 g/mol. The first-order valence-electron chi connectivity index (χ1n) is 14.2. The van der Waals surface area contributed by atoms with Crippen LogP contribution in [0.25, 0.3) is 11.3 Å². The predicted octanol–water partition coefficient (Wildman–Crippen LogP) is 5.03. The summed E-state index contributed by atoms with van der Waals surface area (Å²) in [6.45, 7) is 1.55. The zero-order valence-electron chi connectivity index (χ0n) is 25.7. The molecule has 1 aromatic heterocycles. The molecule has 3 aromatic rings. The van der Waals surface area contributed by atoms with E-state index in [4.69, 9.17) is 25.3 Å². The number of aliphatic imine (C=N–C) groups is 1. The number of hydrogen-bond donors (Lipinski definition) is 3. The summed E-state index contributed by atoms with van der Waals surface area (Å²) in [5.74, 6) is -3.73. The van der Waals surface area contributed by atoms with Crippen LogP contribution < -0.4 is 26.3 Å². The number of halogens is 5. The Morgan fingerprint density at radius 3 is 2.47 bits per heavy atom. The molecule has 5 rings (SSSR count). The second-order valence-electron chi connectivity index (χ2n) is 10.6. The van der Waals surface area contributed by atoms with Crippen LogP contribution >= 0.6 is 0 Å². The highest BCUT2D eigenvalue weighted by Gasteiger charge is 2.42. The van der Waals surface area contributed by atoms with Crippen LogP contribution in [0.2, 0.25) is 0 Å². The van der Waals surface area contributed by atoms with E-state index in [9.17, 15) is 26.7 Å². The number of aromatic nitrogens is 1. The molecule has 2 atom stereocenters. The third kappa shape index (κ3) is 8.79. The van der Waals surface area contributed by atoms with Crippen LogP contribution in [-0.2, 0) is 4.79 Å². The minimum atomic E-state index is -4.58. The molecule has 0 bridgehead atoms. The van der Waals surface area contributed by atoms with E-state index in [1.54, 1.807) is 25.3 Å². The van der Waals surface area contributed by atoms with Crippen molar-refractivity contribution in [3.63, 3.8) is 0 Å². The van der Waals surface area contributed by atoms with E-state index < -0.39 is 35.8 Å². The lowest BCUT2D eigenvalue weighted by Crippen LogP contribution is -2.30. The number of likely N-dealkylation sites (N-methyl/N-ethyl adjacent to an activating group) is 1. The van der Waals surface area contributed by atoms with Gasteiger partial charge in [-0.2, -0.15) is 18.4 Å². The van der Waals surface area contributed by atoms with E-state index in [0.29, 0.717) is 28.6 Å². The number of alkyl halides is 3. The fourth-order valence-corrected chi connectivity index (χ4v) is 4.60. The summed E-state index contributed by atoms with van der Waals surface area (Å²) in [5, 5.41) is 11.5. The number of hydrogen-bond acceptors (Lipinski definition) is 9. The van der Waals surface area contributed by atoms with Crippen LogP contribution in [-0.4, -0.2) is 63.4 Å². The largest absolute Gasteiger partial charge is 0.495 e. The van der Waals surface area contributed by atoms with Crippen molar-refractivity contribution < 1.29 is 41.0 Å². The van der Waals surface area contributed by atoms with Crippen molar-refractivity contribution in [2.75, 3.05) is 33.0 Å². The van der Waals surface area contributed by atoms with Crippen molar-refractivity contribution >= 4 is 24.6 Å². The maximum absolute atomic E-state index is 14.7. The molecule has 1 aliphatic heterocycles. The molecule has 0 saturated heterocycles. The zero-order valence-corrected chi connectivity index (χ0v) is 25.7. The number of methoxy groups -OCH3 is 1. The Kier molecular flexibility index (Phi) is 12.3. The number of anilines is 1. The van der Waals surface area contributed by atoms with Gasteiger partial charge in [-0.15, -0.1) is 0 Å². The number of carbonyl (C=O) groups is 2. The number of nitrogens with one attached hydrogen (secondary N) is 1. The van der Waals surface area contributed by atoms with Crippen molar-refractivity contribution in [1.29, 1.82) is 5.26 Å². The van der Waals surface area contributed by atoms with Gasteiger partial charge in [0, 0.05) is 40.9 Å². The third-order valence-electron chi connectivity index (χ3n) is 7.17. The summed E-state index contributed by atoms with van der Waals surface area (Å²) in [6.07, 6.45) is 0.449. The Balaban J connectivity index is 0.000000266. The van der Waals surface area contributed by atoms with Crippen molar-refractivity contribution in [1.82, 2.24) is 10.3 Å². The van der Waals surface area contributed by atoms with Gasteiger partial charge in [0.2, 0.25) is 6.41 Å². The van der Waals surface area contributed by atoms with Crippen LogP contribution in [0.3, 0.4) is 0 Å². The fourth-order valence-electron chi connectivity index (χ4n) is 4.60. The molecule has 250 valence electrons. The highest BCUT2D eigenvalue weighted by atomic mass is 19.4. The number of benzene rings is 2. The van der Waals surface area contributed by atoms with Gasteiger partial charge in [0.25, 0.3) is 0 Å². The van der Waals surface area contributed by atoms with Gasteiger partial charge < -0.3 is 26.3 Å². The Labute approximate surface area is 267 Å². The lowest BCUT2D eigenvalue weighted by Gasteiger charge is -2.21. The number of nitrogen functional groups attached to an aromatic ring is 1. The predicted molar refractivity (Wildman–Crippen MR) is 165 cm³/mol. The lowest BCUT2D eigenvalue weighted by atomic mass is 9.95. The summed E-state index contributed by atoms with van der Waals surface area (Å²) in [6, 6.07) is 8.44. The Morgan fingerprint density at radius 2 is 1.91 bits per heavy atom. The normalized spacial score (nSPS) is 15.6. The molecular formula is C32H33F5N6O4. The topological polar surface area (TPSA) is 166 Å². The molecule has 2 unspecified atom stereocenters. The Morgan fingerprint density at radius 1 is 1.23 bits per heavy atom. The number of aldehydes is 1. The monoisotopic (exact) mass is 660 g/mol. The molecule has 1 fully saturated rings. The number of rotatable bonds is 8.